The third kappa shape index (κ3) is 6.13. The molecule has 176 valence electrons. The number of nitrogens with one attached hydrogen (secondary N) is 1. The number of aliphatic hydroxyl groups is 1. The zero-order chi connectivity index (χ0) is 23.2. The SMILES string of the molecule is O=C(NCC(O)COc1ccc2c(c1)OCO2)C1CCCN(C(=O)Cc2ccc(F)cc2)C1. The minimum atomic E-state index is -0.890. The van der Waals surface area contributed by atoms with E-state index in [0.717, 1.165) is 12.0 Å². The first-order chi connectivity index (χ1) is 16.0. The normalized spacial score (nSPS) is 18.0. The van der Waals surface area contributed by atoms with Crippen LogP contribution in [0.15, 0.2) is 42.5 Å². The molecule has 0 bridgehead atoms. The second kappa shape index (κ2) is 10.5. The maximum absolute atomic E-state index is 13.1. The lowest BCUT2D eigenvalue weighted by Gasteiger charge is -2.32. The van der Waals surface area contributed by atoms with Gasteiger partial charge in [-0.3, -0.25) is 9.59 Å². The molecular weight excluding hydrogens is 431 g/mol. The Bertz CT molecular complexity index is 983. The number of likely N-dealkylation sites (tertiary alicyclic amines) is 1. The number of rotatable bonds is 8. The van der Waals surface area contributed by atoms with E-state index in [4.69, 9.17) is 14.2 Å². The highest BCUT2D eigenvalue weighted by Crippen LogP contribution is 2.35. The second-order valence-electron chi connectivity index (χ2n) is 8.21. The Morgan fingerprint density at radius 3 is 2.79 bits per heavy atom. The molecule has 0 aliphatic carbocycles. The standard InChI is InChI=1S/C24H27FN2O6/c25-18-5-3-16(4-6-18)10-23(29)27-9-1-2-17(13-27)24(30)26-12-19(28)14-31-20-7-8-21-22(11-20)33-15-32-21/h3-8,11,17,19,28H,1-2,9-10,12-15H2,(H,26,30). The molecule has 2 heterocycles. The van der Waals surface area contributed by atoms with Gasteiger partial charge in [-0.25, -0.2) is 4.39 Å². The zero-order valence-electron chi connectivity index (χ0n) is 18.2. The summed E-state index contributed by atoms with van der Waals surface area (Å²) in [5.41, 5.74) is 0.735. The molecule has 0 spiro atoms. The van der Waals surface area contributed by atoms with Crippen molar-refractivity contribution in [2.75, 3.05) is 33.0 Å². The van der Waals surface area contributed by atoms with Crippen molar-refractivity contribution in [2.24, 2.45) is 5.92 Å². The van der Waals surface area contributed by atoms with Crippen molar-refractivity contribution in [2.45, 2.75) is 25.4 Å². The lowest BCUT2D eigenvalue weighted by molar-refractivity contribution is -0.135. The number of benzene rings is 2. The Labute approximate surface area is 191 Å². The molecular formula is C24H27FN2O6. The van der Waals surface area contributed by atoms with Gasteiger partial charge in [-0.1, -0.05) is 12.1 Å². The van der Waals surface area contributed by atoms with Crippen molar-refractivity contribution in [3.8, 4) is 17.2 Å². The van der Waals surface area contributed by atoms with Crippen molar-refractivity contribution in [3.63, 3.8) is 0 Å². The first kappa shape index (κ1) is 22.8. The second-order valence-corrected chi connectivity index (χ2v) is 8.21. The highest BCUT2D eigenvalue weighted by Gasteiger charge is 2.28. The quantitative estimate of drug-likeness (QED) is 0.627. The van der Waals surface area contributed by atoms with Gasteiger partial charge in [0.2, 0.25) is 18.6 Å². The van der Waals surface area contributed by atoms with Crippen LogP contribution in [0.3, 0.4) is 0 Å². The molecule has 2 aromatic rings. The summed E-state index contributed by atoms with van der Waals surface area (Å²) >= 11 is 0. The smallest absolute Gasteiger partial charge is 0.231 e. The van der Waals surface area contributed by atoms with E-state index in [1.807, 2.05) is 0 Å². The van der Waals surface area contributed by atoms with Crippen molar-refractivity contribution in [1.82, 2.24) is 10.2 Å². The molecule has 8 nitrogen and oxygen atoms in total. The van der Waals surface area contributed by atoms with Crippen LogP contribution >= 0.6 is 0 Å². The number of carbonyl (C=O) groups excluding carboxylic acids is 2. The van der Waals surface area contributed by atoms with Crippen LogP contribution in [0.4, 0.5) is 4.39 Å². The van der Waals surface area contributed by atoms with Crippen LogP contribution < -0.4 is 19.5 Å². The number of hydrogen-bond acceptors (Lipinski definition) is 6. The van der Waals surface area contributed by atoms with E-state index in [-0.39, 0.29) is 49.9 Å². The van der Waals surface area contributed by atoms with Crippen molar-refractivity contribution in [1.29, 1.82) is 0 Å². The van der Waals surface area contributed by atoms with Gasteiger partial charge in [0, 0.05) is 25.7 Å². The van der Waals surface area contributed by atoms with Gasteiger partial charge in [-0.2, -0.15) is 0 Å². The molecule has 2 aliphatic heterocycles. The Balaban J connectivity index is 1.20. The molecule has 9 heteroatoms. The molecule has 2 aliphatic rings. The van der Waals surface area contributed by atoms with E-state index in [1.165, 1.54) is 12.1 Å². The molecule has 2 aromatic carbocycles. The molecule has 0 aromatic heterocycles. The summed E-state index contributed by atoms with van der Waals surface area (Å²) < 4.78 is 29.2. The summed E-state index contributed by atoms with van der Waals surface area (Å²) in [6.07, 6.45) is 0.683. The monoisotopic (exact) mass is 458 g/mol. The predicted molar refractivity (Wildman–Crippen MR) is 116 cm³/mol. The fourth-order valence-corrected chi connectivity index (χ4v) is 3.89. The number of hydrogen-bond donors (Lipinski definition) is 2. The molecule has 33 heavy (non-hydrogen) atoms. The fourth-order valence-electron chi connectivity index (χ4n) is 3.89. The van der Waals surface area contributed by atoms with Crippen molar-refractivity contribution < 1.29 is 33.3 Å². The molecule has 0 radical (unpaired) electrons. The highest BCUT2D eigenvalue weighted by atomic mass is 19.1. The molecule has 2 unspecified atom stereocenters. The average Bonchev–Trinajstić information content (AvgIpc) is 3.30. The molecule has 1 saturated heterocycles. The molecule has 2 N–H and O–H groups in total. The van der Waals surface area contributed by atoms with Gasteiger partial charge in [0.1, 0.15) is 24.3 Å². The molecule has 4 rings (SSSR count). The Morgan fingerprint density at radius 1 is 1.18 bits per heavy atom. The van der Waals surface area contributed by atoms with Gasteiger partial charge >= 0.3 is 0 Å². The molecule has 1 fully saturated rings. The summed E-state index contributed by atoms with van der Waals surface area (Å²) in [5, 5.41) is 12.9. The predicted octanol–water partition coefficient (Wildman–Crippen LogP) is 1.89. The number of ether oxygens (including phenoxy) is 3. The van der Waals surface area contributed by atoms with E-state index < -0.39 is 6.10 Å². The van der Waals surface area contributed by atoms with E-state index in [2.05, 4.69) is 5.32 Å². The topological polar surface area (TPSA) is 97.3 Å². The number of aliphatic hydroxyl groups excluding tert-OH is 1. The van der Waals surface area contributed by atoms with Crippen LogP contribution in [0.1, 0.15) is 18.4 Å². The lowest BCUT2D eigenvalue weighted by Crippen LogP contribution is -2.47. The minimum absolute atomic E-state index is 0.00682. The first-order valence-electron chi connectivity index (χ1n) is 11.0. The minimum Gasteiger partial charge on any atom is -0.491 e. The Morgan fingerprint density at radius 2 is 1.97 bits per heavy atom. The van der Waals surface area contributed by atoms with E-state index in [9.17, 15) is 19.1 Å². The Kier molecular flexibility index (Phi) is 7.29. The maximum Gasteiger partial charge on any atom is 0.231 e. The van der Waals surface area contributed by atoms with Crippen LogP contribution in [-0.4, -0.2) is 61.0 Å². The number of carbonyl (C=O) groups is 2. The summed E-state index contributed by atoms with van der Waals surface area (Å²) in [6.45, 7) is 1.14. The van der Waals surface area contributed by atoms with Crippen LogP contribution in [0.2, 0.25) is 0 Å². The zero-order valence-corrected chi connectivity index (χ0v) is 18.2. The number of fused-ring (bicyclic) bond motifs is 1. The van der Waals surface area contributed by atoms with E-state index in [0.29, 0.717) is 36.8 Å². The van der Waals surface area contributed by atoms with Gasteiger partial charge in [0.05, 0.1) is 12.3 Å². The van der Waals surface area contributed by atoms with Gasteiger partial charge in [-0.05, 0) is 42.7 Å². The summed E-state index contributed by atoms with van der Waals surface area (Å²) in [5.74, 6) is 0.807. The summed E-state index contributed by atoms with van der Waals surface area (Å²) in [7, 11) is 0. The largest absolute Gasteiger partial charge is 0.491 e. The molecule has 2 atom stereocenters. The lowest BCUT2D eigenvalue weighted by atomic mass is 9.96. The Hall–Kier alpha value is -3.33. The maximum atomic E-state index is 13.1. The van der Waals surface area contributed by atoms with Crippen LogP contribution in [-0.2, 0) is 16.0 Å². The first-order valence-corrected chi connectivity index (χ1v) is 11.0. The molecule has 2 amide bonds. The number of halogens is 1. The van der Waals surface area contributed by atoms with E-state index >= 15 is 0 Å². The van der Waals surface area contributed by atoms with Crippen molar-refractivity contribution >= 4 is 11.8 Å². The average molecular weight is 458 g/mol. The number of piperidine rings is 1. The highest BCUT2D eigenvalue weighted by molar-refractivity contribution is 5.82. The molecule has 0 saturated carbocycles. The number of amides is 2. The summed E-state index contributed by atoms with van der Waals surface area (Å²) in [4.78, 5) is 26.9. The van der Waals surface area contributed by atoms with Crippen LogP contribution in [0.5, 0.6) is 17.2 Å². The van der Waals surface area contributed by atoms with Crippen LogP contribution in [0.25, 0.3) is 0 Å². The summed E-state index contributed by atoms with van der Waals surface area (Å²) in [6, 6.07) is 11.0. The fraction of sp³-hybridized carbons (Fsp3) is 0.417. The van der Waals surface area contributed by atoms with Crippen molar-refractivity contribution in [3.05, 3.63) is 53.8 Å². The van der Waals surface area contributed by atoms with Gasteiger partial charge in [-0.15, -0.1) is 0 Å². The van der Waals surface area contributed by atoms with Gasteiger partial charge in [0.15, 0.2) is 11.5 Å². The van der Waals surface area contributed by atoms with E-state index in [1.54, 1.807) is 35.2 Å². The van der Waals surface area contributed by atoms with Crippen LogP contribution in [0, 0.1) is 11.7 Å². The third-order valence-corrected chi connectivity index (χ3v) is 5.71. The number of nitrogens with zero attached hydrogens (tertiary/aromatic N) is 1. The third-order valence-electron chi connectivity index (χ3n) is 5.71. The van der Waals surface area contributed by atoms with Gasteiger partial charge in [0.25, 0.3) is 0 Å². The van der Waals surface area contributed by atoms with Gasteiger partial charge < -0.3 is 29.5 Å².